The Morgan fingerprint density at radius 2 is 2.14 bits per heavy atom. The molecule has 2 aromatic heterocycles. The predicted octanol–water partition coefficient (Wildman–Crippen LogP) is 4.44. The molecule has 2 rings (SSSR count). The summed E-state index contributed by atoms with van der Waals surface area (Å²) in [6.45, 7) is -3.26. The molecule has 0 saturated carbocycles. The number of aryl methyl sites for hydroxylation is 1. The average Bonchev–Trinajstić information content (AvgIpc) is 2.92. The molecule has 0 atom stereocenters. The van der Waals surface area contributed by atoms with Crippen molar-refractivity contribution in [3.63, 3.8) is 0 Å². The molecule has 0 saturated heterocycles. The van der Waals surface area contributed by atoms with E-state index in [4.69, 9.17) is 11.6 Å². The lowest BCUT2D eigenvalue weighted by Crippen LogP contribution is -2.09. The topological polar surface area (TPSA) is 39.9 Å². The van der Waals surface area contributed by atoms with Gasteiger partial charge in [-0.05, 0) is 0 Å². The molecule has 0 aliphatic heterocycles. The van der Waals surface area contributed by atoms with Gasteiger partial charge in [-0.15, -0.1) is 0 Å². The summed E-state index contributed by atoms with van der Waals surface area (Å²) >= 11 is 7.66. The minimum Gasteiger partial charge on any atom is -0.417 e. The molecule has 0 N–H and O–H groups in total. The fourth-order valence-corrected chi connectivity index (χ4v) is 3.70. The van der Waals surface area contributed by atoms with E-state index in [1.54, 1.807) is 0 Å². The highest BCUT2D eigenvalue weighted by Gasteiger charge is 2.39. The molecule has 0 unspecified atom stereocenters. The van der Waals surface area contributed by atoms with Crippen molar-refractivity contribution in [3.05, 3.63) is 21.8 Å². The summed E-state index contributed by atoms with van der Waals surface area (Å²) in [5, 5.41) is 3.23. The van der Waals surface area contributed by atoms with E-state index in [1.807, 2.05) is 0 Å². The third kappa shape index (κ3) is 4.02. The Morgan fingerprint density at radius 3 is 2.64 bits per heavy atom. The maximum atomic E-state index is 12.9. The molecule has 4 nitrogen and oxygen atoms in total. The summed E-state index contributed by atoms with van der Waals surface area (Å²) in [5.41, 5.74) is -1.73. The van der Waals surface area contributed by atoms with E-state index in [1.165, 1.54) is 6.20 Å². The zero-order valence-corrected chi connectivity index (χ0v) is 13.1. The molecule has 0 aliphatic carbocycles. The van der Waals surface area contributed by atoms with E-state index in [-0.39, 0.29) is 5.75 Å². The molecule has 0 fully saturated rings. The van der Waals surface area contributed by atoms with Gasteiger partial charge in [0.1, 0.15) is 4.34 Å². The number of aromatic nitrogens is 3. The Balaban J connectivity index is 2.32. The van der Waals surface area contributed by atoms with Crippen LogP contribution in [0.25, 0.3) is 0 Å². The van der Waals surface area contributed by atoms with Gasteiger partial charge in [0, 0.05) is 12.8 Å². The van der Waals surface area contributed by atoms with Crippen LogP contribution in [0.4, 0.5) is 22.0 Å². The molecule has 0 aromatic carbocycles. The van der Waals surface area contributed by atoms with Gasteiger partial charge in [0.05, 0.1) is 11.8 Å². The van der Waals surface area contributed by atoms with Gasteiger partial charge in [0.25, 0.3) is 0 Å². The van der Waals surface area contributed by atoms with Crippen LogP contribution in [0.1, 0.15) is 11.3 Å². The van der Waals surface area contributed by atoms with Crippen molar-refractivity contribution in [1.82, 2.24) is 14.8 Å². The molecule has 0 bridgehead atoms. The zero-order chi connectivity index (χ0) is 16.5. The van der Waals surface area contributed by atoms with Crippen LogP contribution in [0.2, 0.25) is 4.34 Å². The summed E-state index contributed by atoms with van der Waals surface area (Å²) in [5.74, 6) is -0.910. The predicted molar refractivity (Wildman–Crippen MR) is 71.5 cm³/mol. The monoisotopic (exact) mass is 379 g/mol. The maximum absolute atomic E-state index is 12.9. The second-order valence-electron chi connectivity index (χ2n) is 3.85. The van der Waals surface area contributed by atoms with Gasteiger partial charge in [-0.25, -0.2) is 9.67 Å². The van der Waals surface area contributed by atoms with E-state index in [2.05, 4.69) is 14.8 Å². The molecule has 122 valence electrons. The van der Waals surface area contributed by atoms with Crippen LogP contribution in [0.15, 0.2) is 10.5 Å². The maximum Gasteiger partial charge on any atom is 0.435 e. The molecule has 0 aliphatic rings. The normalized spacial score (nSPS) is 12.2. The first kappa shape index (κ1) is 17.3. The largest absolute Gasteiger partial charge is 0.435 e. The van der Waals surface area contributed by atoms with Crippen molar-refractivity contribution < 1.29 is 26.7 Å². The van der Waals surface area contributed by atoms with E-state index in [0.717, 1.165) is 30.1 Å². The van der Waals surface area contributed by atoms with E-state index >= 15 is 0 Å². The van der Waals surface area contributed by atoms with Gasteiger partial charge >= 0.3 is 12.8 Å². The Morgan fingerprint density at radius 1 is 1.45 bits per heavy atom. The third-order valence-corrected chi connectivity index (χ3v) is 4.65. The number of hydrogen-bond donors (Lipinski definition) is 0. The second kappa shape index (κ2) is 6.59. The average molecular weight is 380 g/mol. The lowest BCUT2D eigenvalue weighted by Gasteiger charge is -2.08. The van der Waals surface area contributed by atoms with Crippen molar-refractivity contribution in [2.24, 2.45) is 7.05 Å². The summed E-state index contributed by atoms with van der Waals surface area (Å²) < 4.78 is 69.2. The lowest BCUT2D eigenvalue weighted by molar-refractivity contribution is -0.142. The fourth-order valence-electron chi connectivity index (χ4n) is 1.58. The number of thiazole rings is 1. The Hall–Kier alpha value is -1.07. The number of halogens is 6. The highest BCUT2D eigenvalue weighted by molar-refractivity contribution is 8.00. The van der Waals surface area contributed by atoms with Crippen LogP contribution in [0, 0.1) is 0 Å². The fraction of sp³-hybridized carbons (Fsp3) is 0.400. The summed E-state index contributed by atoms with van der Waals surface area (Å²) in [7, 11) is 1.10. The Bertz CT molecular complexity index is 658. The van der Waals surface area contributed by atoms with Crippen LogP contribution in [0.5, 0.6) is 5.88 Å². The molecule has 2 heterocycles. The molecular weight excluding hydrogens is 373 g/mol. The van der Waals surface area contributed by atoms with Crippen molar-refractivity contribution in [1.29, 1.82) is 0 Å². The highest BCUT2D eigenvalue weighted by Crippen LogP contribution is 2.39. The number of ether oxygens (including phenoxy) is 1. The number of nitrogens with zero attached hydrogens (tertiary/aromatic N) is 3. The summed E-state index contributed by atoms with van der Waals surface area (Å²) in [6, 6.07) is 0. The van der Waals surface area contributed by atoms with Gasteiger partial charge in [0.2, 0.25) is 5.88 Å². The standard InChI is InChI=1S/C10H7ClF5N3OS2/c1-19-7(20-8(12)13)4(6(18-19)10(14,15)16)3-21-9-17-2-5(11)22-9/h2,8H,3H2,1H3. The zero-order valence-electron chi connectivity index (χ0n) is 10.7. The first-order valence-corrected chi connectivity index (χ1v) is 7.68. The van der Waals surface area contributed by atoms with Crippen molar-refractivity contribution in [2.75, 3.05) is 0 Å². The van der Waals surface area contributed by atoms with E-state index in [0.29, 0.717) is 13.4 Å². The molecule has 22 heavy (non-hydrogen) atoms. The van der Waals surface area contributed by atoms with Crippen molar-refractivity contribution >= 4 is 34.7 Å². The van der Waals surface area contributed by atoms with Gasteiger partial charge in [0.15, 0.2) is 10.0 Å². The molecule has 0 amide bonds. The molecule has 0 radical (unpaired) electrons. The highest BCUT2D eigenvalue weighted by atomic mass is 35.5. The van der Waals surface area contributed by atoms with Crippen LogP contribution >= 0.6 is 34.7 Å². The number of hydrogen-bond acceptors (Lipinski definition) is 5. The molecule has 0 spiro atoms. The van der Waals surface area contributed by atoms with Gasteiger partial charge in [-0.2, -0.15) is 27.1 Å². The van der Waals surface area contributed by atoms with Crippen molar-refractivity contribution in [2.45, 2.75) is 22.9 Å². The third-order valence-electron chi connectivity index (χ3n) is 2.35. The molecule has 12 heteroatoms. The van der Waals surface area contributed by atoms with Gasteiger partial charge in [-0.3, -0.25) is 0 Å². The SMILES string of the molecule is Cn1nc(C(F)(F)F)c(CSc2ncc(Cl)s2)c1OC(F)F. The van der Waals surface area contributed by atoms with E-state index < -0.39 is 29.9 Å². The lowest BCUT2D eigenvalue weighted by atomic mass is 10.2. The van der Waals surface area contributed by atoms with Crippen molar-refractivity contribution in [3.8, 4) is 5.88 Å². The van der Waals surface area contributed by atoms with Crippen LogP contribution in [-0.2, 0) is 19.0 Å². The first-order chi connectivity index (χ1) is 10.2. The second-order valence-corrected chi connectivity index (χ2v) is 6.74. The number of thioether (sulfide) groups is 1. The van der Waals surface area contributed by atoms with Gasteiger partial charge < -0.3 is 4.74 Å². The molecule has 2 aromatic rings. The Labute approximate surface area is 134 Å². The first-order valence-electron chi connectivity index (χ1n) is 5.50. The van der Waals surface area contributed by atoms with E-state index in [9.17, 15) is 22.0 Å². The quantitative estimate of drug-likeness (QED) is 0.568. The summed E-state index contributed by atoms with van der Waals surface area (Å²) in [4.78, 5) is 3.87. The minimum absolute atomic E-state index is 0.283. The summed E-state index contributed by atoms with van der Waals surface area (Å²) in [6.07, 6.45) is -3.43. The number of rotatable bonds is 5. The van der Waals surface area contributed by atoms with Gasteiger partial charge in [-0.1, -0.05) is 34.7 Å². The molecular formula is C10H7ClF5N3OS2. The Kier molecular flexibility index (Phi) is 5.17. The minimum atomic E-state index is -4.78. The van der Waals surface area contributed by atoms with Crippen LogP contribution in [-0.4, -0.2) is 21.4 Å². The van der Waals surface area contributed by atoms with Crippen LogP contribution in [0.3, 0.4) is 0 Å². The number of alkyl halides is 5. The van der Waals surface area contributed by atoms with Crippen LogP contribution < -0.4 is 4.74 Å². The smallest absolute Gasteiger partial charge is 0.417 e.